The first-order chi connectivity index (χ1) is 17.5. The van der Waals surface area contributed by atoms with Gasteiger partial charge in [0.05, 0.1) is 4.91 Å². The number of thioether (sulfide) groups is 1. The van der Waals surface area contributed by atoms with E-state index in [9.17, 15) is 9.59 Å². The van der Waals surface area contributed by atoms with Crippen LogP contribution in [-0.4, -0.2) is 39.4 Å². The average molecular weight is 558 g/mol. The second-order valence-corrected chi connectivity index (χ2v) is 11.2. The van der Waals surface area contributed by atoms with E-state index in [4.69, 9.17) is 33.3 Å². The molecule has 5 rings (SSSR count). The van der Waals surface area contributed by atoms with E-state index < -0.39 is 0 Å². The SMILES string of the molecule is O=C(CCCN1C(=O)C(=Cc2ccc3c(c2)OCO3)SC1=S)Nc1ncc(Cc2ccccc2Cl)s1. The van der Waals surface area contributed by atoms with Crippen molar-refractivity contribution in [3.8, 4) is 11.5 Å². The van der Waals surface area contributed by atoms with E-state index in [1.165, 1.54) is 28.0 Å². The summed E-state index contributed by atoms with van der Waals surface area (Å²) in [7, 11) is 0. The third-order valence-corrected chi connectivity index (χ3v) is 8.14. The minimum absolute atomic E-state index is 0.157. The van der Waals surface area contributed by atoms with Crippen LogP contribution in [0.25, 0.3) is 6.08 Å². The van der Waals surface area contributed by atoms with Gasteiger partial charge >= 0.3 is 0 Å². The van der Waals surface area contributed by atoms with Crippen LogP contribution in [0, 0.1) is 0 Å². The first kappa shape index (κ1) is 24.8. The summed E-state index contributed by atoms with van der Waals surface area (Å²) in [5.74, 6) is 1.02. The molecule has 2 amide bonds. The van der Waals surface area contributed by atoms with Crippen molar-refractivity contribution in [1.29, 1.82) is 0 Å². The minimum atomic E-state index is -0.160. The van der Waals surface area contributed by atoms with Gasteiger partial charge in [0, 0.05) is 35.5 Å². The Morgan fingerprint density at radius 2 is 2.06 bits per heavy atom. The molecule has 3 heterocycles. The molecule has 0 radical (unpaired) electrons. The van der Waals surface area contributed by atoms with E-state index in [0.717, 1.165) is 16.0 Å². The van der Waals surface area contributed by atoms with Crippen LogP contribution in [0.4, 0.5) is 5.13 Å². The predicted molar refractivity (Wildman–Crippen MR) is 147 cm³/mol. The van der Waals surface area contributed by atoms with Gasteiger partial charge in [0.2, 0.25) is 12.7 Å². The summed E-state index contributed by atoms with van der Waals surface area (Å²) < 4.78 is 11.2. The number of hydrogen-bond donors (Lipinski definition) is 1. The lowest BCUT2D eigenvalue weighted by atomic mass is 10.1. The van der Waals surface area contributed by atoms with Crippen LogP contribution in [0.2, 0.25) is 5.02 Å². The van der Waals surface area contributed by atoms with E-state index in [1.807, 2.05) is 42.5 Å². The average Bonchev–Trinajstić information content (AvgIpc) is 3.56. The number of nitrogens with one attached hydrogen (secondary N) is 1. The Kier molecular flexibility index (Phi) is 7.56. The van der Waals surface area contributed by atoms with Crippen molar-refractivity contribution in [2.75, 3.05) is 18.7 Å². The monoisotopic (exact) mass is 557 g/mol. The van der Waals surface area contributed by atoms with E-state index >= 15 is 0 Å². The largest absolute Gasteiger partial charge is 0.454 e. The first-order valence-electron chi connectivity index (χ1n) is 11.1. The molecule has 0 atom stereocenters. The maximum absolute atomic E-state index is 12.9. The lowest BCUT2D eigenvalue weighted by Crippen LogP contribution is -2.29. The van der Waals surface area contributed by atoms with Gasteiger partial charge in [-0.25, -0.2) is 4.98 Å². The molecule has 3 aromatic rings. The van der Waals surface area contributed by atoms with Gasteiger partial charge < -0.3 is 14.8 Å². The number of thiocarbonyl (C=S) groups is 1. The number of benzene rings is 2. The number of ether oxygens (including phenoxy) is 2. The van der Waals surface area contributed by atoms with Crippen molar-refractivity contribution in [1.82, 2.24) is 9.88 Å². The van der Waals surface area contributed by atoms with Gasteiger partial charge in [0.25, 0.3) is 5.91 Å². The van der Waals surface area contributed by atoms with Crippen molar-refractivity contribution >= 4 is 74.3 Å². The highest BCUT2D eigenvalue weighted by molar-refractivity contribution is 8.26. The molecule has 2 aromatic carbocycles. The Bertz CT molecular complexity index is 1370. The predicted octanol–water partition coefficient (Wildman–Crippen LogP) is 5.74. The van der Waals surface area contributed by atoms with Crippen LogP contribution in [0.1, 0.15) is 28.8 Å². The fraction of sp³-hybridized carbons (Fsp3) is 0.200. The Balaban J connectivity index is 1.11. The maximum atomic E-state index is 12.9. The first-order valence-corrected chi connectivity index (χ1v) is 13.5. The summed E-state index contributed by atoms with van der Waals surface area (Å²) >= 11 is 14.3. The number of fused-ring (bicyclic) bond motifs is 1. The molecule has 0 bridgehead atoms. The molecule has 0 unspecified atom stereocenters. The van der Waals surface area contributed by atoms with E-state index in [1.54, 1.807) is 12.3 Å². The van der Waals surface area contributed by atoms with E-state index in [0.29, 0.717) is 50.3 Å². The highest BCUT2D eigenvalue weighted by Gasteiger charge is 2.31. The molecule has 0 aliphatic carbocycles. The minimum Gasteiger partial charge on any atom is -0.454 e. The third-order valence-electron chi connectivity index (χ3n) is 5.48. The van der Waals surface area contributed by atoms with Crippen molar-refractivity contribution in [2.24, 2.45) is 0 Å². The number of thiazole rings is 1. The van der Waals surface area contributed by atoms with Gasteiger partial charge in [-0.1, -0.05) is 59.8 Å². The highest BCUT2D eigenvalue weighted by atomic mass is 35.5. The van der Waals surface area contributed by atoms with Crippen molar-refractivity contribution < 1.29 is 19.1 Å². The van der Waals surface area contributed by atoms with Gasteiger partial charge in [-0.05, 0) is 41.8 Å². The molecule has 2 aliphatic heterocycles. The second kappa shape index (κ2) is 11.0. The molecule has 0 saturated carbocycles. The van der Waals surface area contributed by atoms with Crippen LogP contribution < -0.4 is 14.8 Å². The zero-order valence-electron chi connectivity index (χ0n) is 18.9. The summed E-state index contributed by atoms with van der Waals surface area (Å²) in [6, 6.07) is 13.2. The van der Waals surface area contributed by atoms with Gasteiger partial charge in [0.15, 0.2) is 16.6 Å². The molecule has 1 fully saturated rings. The fourth-order valence-corrected chi connectivity index (χ4v) is 6.07. The maximum Gasteiger partial charge on any atom is 0.266 e. The van der Waals surface area contributed by atoms with Crippen LogP contribution in [0.5, 0.6) is 11.5 Å². The zero-order valence-corrected chi connectivity index (χ0v) is 22.1. The van der Waals surface area contributed by atoms with Crippen LogP contribution in [0.3, 0.4) is 0 Å². The van der Waals surface area contributed by atoms with Crippen LogP contribution in [-0.2, 0) is 16.0 Å². The molecular formula is C25H20ClN3O4S3. The van der Waals surface area contributed by atoms with Crippen molar-refractivity contribution in [3.05, 3.63) is 74.6 Å². The Labute approximate surface area is 226 Å². The van der Waals surface area contributed by atoms with Crippen LogP contribution >= 0.6 is 46.9 Å². The number of aromatic nitrogens is 1. The highest BCUT2D eigenvalue weighted by Crippen LogP contribution is 2.36. The molecule has 1 aromatic heterocycles. The molecule has 2 aliphatic rings. The number of amides is 2. The molecule has 11 heteroatoms. The van der Waals surface area contributed by atoms with Gasteiger partial charge in [-0.3, -0.25) is 14.5 Å². The summed E-state index contributed by atoms with van der Waals surface area (Å²) in [5.41, 5.74) is 1.84. The standard InChI is InChI=1S/C25H20ClN3O4S3/c26-18-5-2-1-4-16(18)12-17-13-27-24(35-17)28-22(30)6-3-9-29-23(31)21(36-25(29)34)11-15-7-8-19-20(10-15)33-14-32-19/h1-2,4-5,7-8,10-11,13H,3,6,9,12,14H2,(H,27,28,30). The molecule has 36 heavy (non-hydrogen) atoms. The lowest BCUT2D eigenvalue weighted by Gasteiger charge is -2.13. The molecule has 184 valence electrons. The van der Waals surface area contributed by atoms with E-state index in [-0.39, 0.29) is 25.0 Å². The summed E-state index contributed by atoms with van der Waals surface area (Å²) in [5, 5.41) is 4.08. The molecular weight excluding hydrogens is 538 g/mol. The number of hydrogen-bond acceptors (Lipinski definition) is 8. The number of nitrogens with zero attached hydrogens (tertiary/aromatic N) is 2. The van der Waals surface area contributed by atoms with Gasteiger partial charge in [0.1, 0.15) is 4.32 Å². The molecule has 1 N–H and O–H groups in total. The number of carbonyl (C=O) groups is 2. The number of halogens is 1. The number of carbonyl (C=O) groups excluding carboxylic acids is 2. The Hall–Kier alpha value is -2.92. The van der Waals surface area contributed by atoms with E-state index in [2.05, 4.69) is 10.3 Å². The normalized spacial score (nSPS) is 15.7. The molecule has 7 nitrogen and oxygen atoms in total. The Morgan fingerprint density at radius 3 is 2.92 bits per heavy atom. The zero-order chi connectivity index (χ0) is 25.1. The number of anilines is 1. The lowest BCUT2D eigenvalue weighted by molar-refractivity contribution is -0.122. The number of rotatable bonds is 8. The molecule has 0 spiro atoms. The van der Waals surface area contributed by atoms with Gasteiger partial charge in [-0.15, -0.1) is 11.3 Å². The topological polar surface area (TPSA) is 80.8 Å². The van der Waals surface area contributed by atoms with Gasteiger partial charge in [-0.2, -0.15) is 0 Å². The van der Waals surface area contributed by atoms with Crippen molar-refractivity contribution in [2.45, 2.75) is 19.3 Å². The molecule has 1 saturated heterocycles. The fourth-order valence-electron chi connectivity index (χ4n) is 3.70. The summed E-state index contributed by atoms with van der Waals surface area (Å²) in [4.78, 5) is 32.7. The summed E-state index contributed by atoms with van der Waals surface area (Å²) in [6.07, 6.45) is 4.92. The Morgan fingerprint density at radius 1 is 1.22 bits per heavy atom. The van der Waals surface area contributed by atoms with Crippen LogP contribution in [0.15, 0.2) is 53.6 Å². The summed E-state index contributed by atoms with van der Waals surface area (Å²) in [6.45, 7) is 0.562. The smallest absolute Gasteiger partial charge is 0.266 e. The quantitative estimate of drug-likeness (QED) is 0.279. The van der Waals surface area contributed by atoms with Crippen molar-refractivity contribution in [3.63, 3.8) is 0 Å². The third kappa shape index (κ3) is 5.73. The second-order valence-electron chi connectivity index (χ2n) is 8.00.